The smallest absolute Gasteiger partial charge is 0.221 e. The van der Waals surface area contributed by atoms with Gasteiger partial charge in [0.25, 0.3) is 0 Å². The molecule has 3 N–H and O–H groups in total. The molecule has 0 aliphatic carbocycles. The second kappa shape index (κ2) is 6.38. The van der Waals surface area contributed by atoms with Crippen LogP contribution in [0.5, 0.6) is 0 Å². The van der Waals surface area contributed by atoms with Gasteiger partial charge >= 0.3 is 0 Å². The summed E-state index contributed by atoms with van der Waals surface area (Å²) in [5.41, 5.74) is 8.28. The van der Waals surface area contributed by atoms with E-state index in [1.807, 2.05) is 36.4 Å². The molecule has 4 heteroatoms. The number of carbonyl (C=O) groups is 1. The average molecular weight is 319 g/mol. The Bertz CT molecular complexity index is 584. The number of anilines is 1. The number of benzene rings is 2. The van der Waals surface area contributed by atoms with Crippen LogP contribution in [0.4, 0.5) is 5.69 Å². The highest BCUT2D eigenvalue weighted by Crippen LogP contribution is 2.18. The Morgan fingerprint density at radius 2 is 1.95 bits per heavy atom. The van der Waals surface area contributed by atoms with Crippen molar-refractivity contribution in [3.8, 4) is 0 Å². The molecule has 1 amide bonds. The predicted octanol–water partition coefficient (Wildman–Crippen LogP) is 3.09. The standard InChI is InChI=1S/C15H15BrN2O/c16-13-6-3-4-11(8-13)10-18-14-7-2-1-5-12(14)9-15(17)19/h1-8,18H,9-10H2,(H2,17,19). The molecule has 3 nitrogen and oxygen atoms in total. The van der Waals surface area contributed by atoms with E-state index in [-0.39, 0.29) is 12.3 Å². The monoisotopic (exact) mass is 318 g/mol. The van der Waals surface area contributed by atoms with Crippen LogP contribution in [0.25, 0.3) is 0 Å². The first-order valence-corrected chi connectivity index (χ1v) is 6.79. The maximum absolute atomic E-state index is 11.0. The fraction of sp³-hybridized carbons (Fsp3) is 0.133. The van der Waals surface area contributed by atoms with E-state index in [1.165, 1.54) is 5.56 Å². The van der Waals surface area contributed by atoms with Crippen molar-refractivity contribution in [1.82, 2.24) is 0 Å². The molecule has 2 aromatic rings. The van der Waals surface area contributed by atoms with E-state index in [2.05, 4.69) is 33.4 Å². The molecule has 0 radical (unpaired) electrons. The summed E-state index contributed by atoms with van der Waals surface area (Å²) in [5.74, 6) is -0.322. The van der Waals surface area contributed by atoms with Gasteiger partial charge in [0.05, 0.1) is 6.42 Å². The summed E-state index contributed by atoms with van der Waals surface area (Å²) in [6.45, 7) is 0.704. The van der Waals surface area contributed by atoms with Crippen LogP contribution in [0, 0.1) is 0 Å². The van der Waals surface area contributed by atoms with E-state index in [4.69, 9.17) is 5.73 Å². The maximum atomic E-state index is 11.0. The van der Waals surface area contributed by atoms with Crippen LogP contribution in [0.2, 0.25) is 0 Å². The zero-order chi connectivity index (χ0) is 13.7. The average Bonchev–Trinajstić information content (AvgIpc) is 2.37. The molecule has 0 fully saturated rings. The van der Waals surface area contributed by atoms with E-state index in [0.717, 1.165) is 15.7 Å². The molecule has 0 saturated heterocycles. The van der Waals surface area contributed by atoms with Crippen molar-refractivity contribution >= 4 is 27.5 Å². The molecule has 0 spiro atoms. The Morgan fingerprint density at radius 3 is 2.68 bits per heavy atom. The van der Waals surface area contributed by atoms with Gasteiger partial charge in [-0.25, -0.2) is 0 Å². The molecule has 0 aliphatic heterocycles. The maximum Gasteiger partial charge on any atom is 0.221 e. The topological polar surface area (TPSA) is 55.1 Å². The lowest BCUT2D eigenvalue weighted by molar-refractivity contribution is -0.117. The first kappa shape index (κ1) is 13.6. The van der Waals surface area contributed by atoms with Crippen molar-refractivity contribution in [1.29, 1.82) is 0 Å². The van der Waals surface area contributed by atoms with Gasteiger partial charge in [0.1, 0.15) is 0 Å². The van der Waals surface area contributed by atoms with Crippen LogP contribution in [0.15, 0.2) is 53.0 Å². The molecule has 0 aliphatic rings. The minimum absolute atomic E-state index is 0.252. The van der Waals surface area contributed by atoms with Crippen LogP contribution in [-0.2, 0) is 17.8 Å². The van der Waals surface area contributed by atoms with Crippen molar-refractivity contribution in [2.75, 3.05) is 5.32 Å². The number of halogens is 1. The third kappa shape index (κ3) is 4.10. The first-order chi connectivity index (χ1) is 9.15. The zero-order valence-electron chi connectivity index (χ0n) is 10.4. The van der Waals surface area contributed by atoms with Crippen LogP contribution < -0.4 is 11.1 Å². The van der Waals surface area contributed by atoms with E-state index in [1.54, 1.807) is 0 Å². The molecular weight excluding hydrogens is 304 g/mol. The lowest BCUT2D eigenvalue weighted by Gasteiger charge is -2.11. The fourth-order valence-corrected chi connectivity index (χ4v) is 2.33. The third-order valence-electron chi connectivity index (χ3n) is 2.75. The minimum Gasteiger partial charge on any atom is -0.381 e. The van der Waals surface area contributed by atoms with E-state index >= 15 is 0 Å². The second-order valence-electron chi connectivity index (χ2n) is 4.28. The van der Waals surface area contributed by atoms with Crippen LogP contribution in [0.1, 0.15) is 11.1 Å². The largest absolute Gasteiger partial charge is 0.381 e. The van der Waals surface area contributed by atoms with Gasteiger partial charge in [-0.1, -0.05) is 46.3 Å². The second-order valence-corrected chi connectivity index (χ2v) is 5.20. The van der Waals surface area contributed by atoms with Crippen molar-refractivity contribution in [3.63, 3.8) is 0 Å². The fourth-order valence-electron chi connectivity index (χ4n) is 1.88. The summed E-state index contributed by atoms with van der Waals surface area (Å²) in [4.78, 5) is 11.0. The highest BCUT2D eigenvalue weighted by Gasteiger charge is 2.04. The van der Waals surface area contributed by atoms with Crippen LogP contribution >= 0.6 is 15.9 Å². The lowest BCUT2D eigenvalue weighted by Crippen LogP contribution is -2.15. The molecule has 2 aromatic carbocycles. The van der Waals surface area contributed by atoms with Gasteiger partial charge in [-0.2, -0.15) is 0 Å². The highest BCUT2D eigenvalue weighted by molar-refractivity contribution is 9.10. The van der Waals surface area contributed by atoms with Gasteiger partial charge in [-0.3, -0.25) is 4.79 Å². The van der Waals surface area contributed by atoms with Crippen molar-refractivity contribution < 1.29 is 4.79 Å². The lowest BCUT2D eigenvalue weighted by atomic mass is 10.1. The molecule has 98 valence electrons. The molecule has 0 atom stereocenters. The van der Waals surface area contributed by atoms with Gasteiger partial charge in [0, 0.05) is 16.7 Å². The van der Waals surface area contributed by atoms with Gasteiger partial charge in [0.15, 0.2) is 0 Å². The quantitative estimate of drug-likeness (QED) is 0.890. The number of carbonyl (C=O) groups excluding carboxylic acids is 1. The highest BCUT2D eigenvalue weighted by atomic mass is 79.9. The van der Waals surface area contributed by atoms with Gasteiger partial charge in [-0.15, -0.1) is 0 Å². The van der Waals surface area contributed by atoms with Gasteiger partial charge < -0.3 is 11.1 Å². The van der Waals surface area contributed by atoms with Crippen molar-refractivity contribution in [2.24, 2.45) is 5.73 Å². The van der Waals surface area contributed by atoms with Crippen LogP contribution in [-0.4, -0.2) is 5.91 Å². The Balaban J connectivity index is 2.09. The number of nitrogens with one attached hydrogen (secondary N) is 1. The number of hydrogen-bond acceptors (Lipinski definition) is 2. The molecule has 0 bridgehead atoms. The summed E-state index contributed by atoms with van der Waals surface area (Å²) in [6, 6.07) is 15.8. The predicted molar refractivity (Wildman–Crippen MR) is 80.8 cm³/mol. The zero-order valence-corrected chi connectivity index (χ0v) is 12.0. The number of amides is 1. The molecule has 2 rings (SSSR count). The summed E-state index contributed by atoms with van der Waals surface area (Å²) in [5, 5.41) is 3.33. The molecule has 0 saturated carbocycles. The van der Waals surface area contributed by atoms with Crippen molar-refractivity contribution in [3.05, 3.63) is 64.1 Å². The number of para-hydroxylation sites is 1. The van der Waals surface area contributed by atoms with E-state index < -0.39 is 0 Å². The van der Waals surface area contributed by atoms with E-state index in [9.17, 15) is 4.79 Å². The van der Waals surface area contributed by atoms with Crippen molar-refractivity contribution in [2.45, 2.75) is 13.0 Å². The van der Waals surface area contributed by atoms with Crippen LogP contribution in [0.3, 0.4) is 0 Å². The Labute approximate surface area is 121 Å². The number of primary amides is 1. The summed E-state index contributed by atoms with van der Waals surface area (Å²) < 4.78 is 1.05. The summed E-state index contributed by atoms with van der Waals surface area (Å²) in [7, 11) is 0. The van der Waals surface area contributed by atoms with E-state index in [0.29, 0.717) is 6.54 Å². The Hall–Kier alpha value is -1.81. The summed E-state index contributed by atoms with van der Waals surface area (Å²) in [6.07, 6.45) is 0.252. The van der Waals surface area contributed by atoms with Gasteiger partial charge in [0.2, 0.25) is 5.91 Å². The SMILES string of the molecule is NC(=O)Cc1ccccc1NCc1cccc(Br)c1. The number of nitrogens with two attached hydrogens (primary N) is 1. The van der Waals surface area contributed by atoms with Gasteiger partial charge in [-0.05, 0) is 29.3 Å². The minimum atomic E-state index is -0.322. The third-order valence-corrected chi connectivity index (χ3v) is 3.25. The molecular formula is C15H15BrN2O. The normalized spacial score (nSPS) is 10.2. The molecule has 0 unspecified atom stereocenters. The molecule has 0 aromatic heterocycles. The summed E-state index contributed by atoms with van der Waals surface area (Å²) >= 11 is 3.45. The Kier molecular flexibility index (Phi) is 4.58. The Morgan fingerprint density at radius 1 is 1.16 bits per heavy atom. The molecule has 19 heavy (non-hydrogen) atoms. The number of rotatable bonds is 5. The molecule has 0 heterocycles. The first-order valence-electron chi connectivity index (χ1n) is 5.99. The number of hydrogen-bond donors (Lipinski definition) is 2.